The first-order chi connectivity index (χ1) is 9.15. The standard InChI is InChI=1S/C15H12Cl2N2/c1-19(14-4-2-3-11(7-14)10-18)15-6-5-13(17)8-12(15)9-16/h2-8H,9H2,1H3. The Morgan fingerprint density at radius 3 is 2.68 bits per heavy atom. The highest BCUT2D eigenvalue weighted by molar-refractivity contribution is 6.30. The second-order valence-corrected chi connectivity index (χ2v) is 4.83. The van der Waals surface area contributed by atoms with Gasteiger partial charge in [-0.3, -0.25) is 0 Å². The molecule has 4 heteroatoms. The first-order valence-corrected chi connectivity index (χ1v) is 6.65. The molecule has 0 N–H and O–H groups in total. The molecule has 2 aromatic carbocycles. The maximum atomic E-state index is 8.94. The molecule has 0 atom stereocenters. The number of nitrogens with zero attached hydrogens (tertiary/aromatic N) is 2. The summed E-state index contributed by atoms with van der Waals surface area (Å²) in [5.41, 5.74) is 3.51. The van der Waals surface area contributed by atoms with Gasteiger partial charge in [0.2, 0.25) is 0 Å². The minimum absolute atomic E-state index is 0.387. The molecule has 0 saturated heterocycles. The van der Waals surface area contributed by atoms with Crippen molar-refractivity contribution in [3.8, 4) is 6.07 Å². The maximum Gasteiger partial charge on any atom is 0.0992 e. The number of halogens is 2. The summed E-state index contributed by atoms with van der Waals surface area (Å²) in [6.07, 6.45) is 0. The SMILES string of the molecule is CN(c1cccc(C#N)c1)c1ccc(Cl)cc1CCl. The van der Waals surface area contributed by atoms with E-state index in [0.29, 0.717) is 16.5 Å². The summed E-state index contributed by atoms with van der Waals surface area (Å²) in [5.74, 6) is 0.387. The summed E-state index contributed by atoms with van der Waals surface area (Å²) in [4.78, 5) is 1.99. The van der Waals surface area contributed by atoms with Crippen molar-refractivity contribution in [3.63, 3.8) is 0 Å². The van der Waals surface area contributed by atoms with Gasteiger partial charge in [-0.1, -0.05) is 17.7 Å². The Kier molecular flexibility index (Phi) is 4.31. The third-order valence-electron chi connectivity index (χ3n) is 2.91. The van der Waals surface area contributed by atoms with Crippen LogP contribution in [-0.2, 0) is 5.88 Å². The molecular weight excluding hydrogens is 279 g/mol. The van der Waals surface area contributed by atoms with Crippen LogP contribution >= 0.6 is 23.2 Å². The lowest BCUT2D eigenvalue weighted by atomic mass is 10.1. The quantitative estimate of drug-likeness (QED) is 0.765. The molecule has 19 heavy (non-hydrogen) atoms. The van der Waals surface area contributed by atoms with Gasteiger partial charge in [0.1, 0.15) is 0 Å². The van der Waals surface area contributed by atoms with Crippen LogP contribution in [0, 0.1) is 11.3 Å². The van der Waals surface area contributed by atoms with E-state index in [4.69, 9.17) is 28.5 Å². The monoisotopic (exact) mass is 290 g/mol. The minimum atomic E-state index is 0.387. The van der Waals surface area contributed by atoms with E-state index in [0.717, 1.165) is 16.9 Å². The van der Waals surface area contributed by atoms with Crippen LogP contribution in [-0.4, -0.2) is 7.05 Å². The van der Waals surface area contributed by atoms with E-state index in [1.807, 2.05) is 48.3 Å². The van der Waals surface area contributed by atoms with Gasteiger partial charge in [-0.05, 0) is 42.0 Å². The van der Waals surface area contributed by atoms with E-state index in [9.17, 15) is 0 Å². The topological polar surface area (TPSA) is 27.0 Å². The Morgan fingerprint density at radius 2 is 2.00 bits per heavy atom. The van der Waals surface area contributed by atoms with Crippen LogP contribution in [0.1, 0.15) is 11.1 Å². The van der Waals surface area contributed by atoms with Crippen LogP contribution in [0.2, 0.25) is 5.02 Å². The van der Waals surface area contributed by atoms with Crippen LogP contribution in [0.15, 0.2) is 42.5 Å². The van der Waals surface area contributed by atoms with Crippen LogP contribution in [0.5, 0.6) is 0 Å². The van der Waals surface area contributed by atoms with Gasteiger partial charge in [0.15, 0.2) is 0 Å². The van der Waals surface area contributed by atoms with Crippen molar-refractivity contribution < 1.29 is 0 Å². The molecule has 0 spiro atoms. The lowest BCUT2D eigenvalue weighted by Crippen LogP contribution is -2.11. The molecule has 2 aromatic rings. The summed E-state index contributed by atoms with van der Waals surface area (Å²) in [6, 6.07) is 15.2. The van der Waals surface area contributed by atoms with Gasteiger partial charge in [-0.2, -0.15) is 5.26 Å². The summed E-state index contributed by atoms with van der Waals surface area (Å²) in [6.45, 7) is 0. The van der Waals surface area contributed by atoms with E-state index in [1.165, 1.54) is 0 Å². The largest absolute Gasteiger partial charge is 0.344 e. The van der Waals surface area contributed by atoms with E-state index >= 15 is 0 Å². The predicted octanol–water partition coefficient (Wildman–Crippen LogP) is 4.72. The molecule has 0 unspecified atom stereocenters. The zero-order valence-corrected chi connectivity index (χ0v) is 11.9. The zero-order chi connectivity index (χ0) is 13.8. The number of hydrogen-bond acceptors (Lipinski definition) is 2. The van der Waals surface area contributed by atoms with Crippen LogP contribution < -0.4 is 4.90 Å². The van der Waals surface area contributed by atoms with Gasteiger partial charge in [-0.15, -0.1) is 11.6 Å². The number of anilines is 2. The summed E-state index contributed by atoms with van der Waals surface area (Å²) < 4.78 is 0. The Labute approximate surface area is 122 Å². The van der Waals surface area contributed by atoms with Gasteiger partial charge < -0.3 is 4.90 Å². The summed E-state index contributed by atoms with van der Waals surface area (Å²) in [7, 11) is 1.94. The van der Waals surface area contributed by atoms with Gasteiger partial charge >= 0.3 is 0 Å². The van der Waals surface area contributed by atoms with Crippen molar-refractivity contribution in [2.24, 2.45) is 0 Å². The lowest BCUT2D eigenvalue weighted by Gasteiger charge is -2.22. The molecule has 0 aromatic heterocycles. The average Bonchev–Trinajstić information content (AvgIpc) is 2.46. The molecule has 96 valence electrons. The summed E-state index contributed by atoms with van der Waals surface area (Å²) in [5, 5.41) is 9.61. The van der Waals surface area contributed by atoms with Crippen LogP contribution in [0.25, 0.3) is 0 Å². The van der Waals surface area contributed by atoms with Crippen molar-refractivity contribution >= 4 is 34.6 Å². The summed E-state index contributed by atoms with van der Waals surface area (Å²) >= 11 is 11.9. The van der Waals surface area contributed by atoms with E-state index in [1.54, 1.807) is 6.07 Å². The van der Waals surface area contributed by atoms with Crippen LogP contribution in [0.3, 0.4) is 0 Å². The highest BCUT2D eigenvalue weighted by Gasteiger charge is 2.10. The molecule has 0 radical (unpaired) electrons. The molecule has 0 aliphatic rings. The molecule has 2 nitrogen and oxygen atoms in total. The van der Waals surface area contributed by atoms with Gasteiger partial charge in [0.05, 0.1) is 11.6 Å². The van der Waals surface area contributed by atoms with Gasteiger partial charge in [0.25, 0.3) is 0 Å². The fraction of sp³-hybridized carbons (Fsp3) is 0.133. The van der Waals surface area contributed by atoms with Crippen LogP contribution in [0.4, 0.5) is 11.4 Å². The van der Waals surface area contributed by atoms with Crippen molar-refractivity contribution in [2.75, 3.05) is 11.9 Å². The zero-order valence-electron chi connectivity index (χ0n) is 10.4. The molecule has 0 heterocycles. The Hall–Kier alpha value is -1.69. The average molecular weight is 291 g/mol. The number of alkyl halides is 1. The second kappa shape index (κ2) is 5.97. The highest BCUT2D eigenvalue weighted by atomic mass is 35.5. The van der Waals surface area contributed by atoms with Crippen molar-refractivity contribution in [1.82, 2.24) is 0 Å². The first kappa shape index (κ1) is 13.7. The normalized spacial score (nSPS) is 10.0. The predicted molar refractivity (Wildman–Crippen MR) is 80.2 cm³/mol. The fourth-order valence-electron chi connectivity index (χ4n) is 1.91. The molecule has 0 saturated carbocycles. The molecule has 0 amide bonds. The second-order valence-electron chi connectivity index (χ2n) is 4.13. The van der Waals surface area contributed by atoms with Gasteiger partial charge in [-0.25, -0.2) is 0 Å². The van der Waals surface area contributed by atoms with Crippen molar-refractivity contribution in [1.29, 1.82) is 5.26 Å². The molecule has 2 rings (SSSR count). The fourth-order valence-corrected chi connectivity index (χ4v) is 2.32. The molecular formula is C15H12Cl2N2. The number of hydrogen-bond donors (Lipinski definition) is 0. The van der Waals surface area contributed by atoms with Gasteiger partial charge in [0, 0.05) is 29.3 Å². The Balaban J connectivity index is 2.43. The third kappa shape index (κ3) is 3.01. The van der Waals surface area contributed by atoms with Crippen molar-refractivity contribution in [3.05, 3.63) is 58.6 Å². The molecule has 0 bridgehead atoms. The van der Waals surface area contributed by atoms with Crippen molar-refractivity contribution in [2.45, 2.75) is 5.88 Å². The van der Waals surface area contributed by atoms with E-state index in [2.05, 4.69) is 6.07 Å². The van der Waals surface area contributed by atoms with E-state index < -0.39 is 0 Å². The lowest BCUT2D eigenvalue weighted by molar-refractivity contribution is 1.17. The smallest absolute Gasteiger partial charge is 0.0992 e. The highest BCUT2D eigenvalue weighted by Crippen LogP contribution is 2.30. The number of nitriles is 1. The first-order valence-electron chi connectivity index (χ1n) is 5.74. The molecule has 0 aliphatic heterocycles. The Bertz CT molecular complexity index is 632. The maximum absolute atomic E-state index is 8.94. The molecule has 0 fully saturated rings. The number of rotatable bonds is 3. The third-order valence-corrected chi connectivity index (χ3v) is 3.43. The number of benzene rings is 2. The molecule has 0 aliphatic carbocycles. The Morgan fingerprint density at radius 1 is 1.21 bits per heavy atom. The van der Waals surface area contributed by atoms with E-state index in [-0.39, 0.29) is 0 Å². The minimum Gasteiger partial charge on any atom is -0.344 e.